The third-order valence-electron chi connectivity index (χ3n) is 2.75. The van der Waals surface area contributed by atoms with E-state index in [1.807, 2.05) is 0 Å². The molecular formula is C10H15N3O3S2. The van der Waals surface area contributed by atoms with Crippen molar-refractivity contribution in [1.82, 2.24) is 10.6 Å². The minimum Gasteiger partial charge on any atom is -0.348 e. The number of thiophene rings is 1. The fourth-order valence-corrected chi connectivity index (χ4v) is 3.41. The topological polar surface area (TPSA) is 101 Å². The molecule has 18 heavy (non-hydrogen) atoms. The molecule has 1 atom stereocenters. The molecule has 2 heterocycles. The van der Waals surface area contributed by atoms with Crippen LogP contribution >= 0.6 is 11.3 Å². The minimum atomic E-state index is -3.72. The molecule has 1 aromatic heterocycles. The van der Waals surface area contributed by atoms with Gasteiger partial charge < -0.3 is 10.6 Å². The highest BCUT2D eigenvalue weighted by Crippen LogP contribution is 2.19. The summed E-state index contributed by atoms with van der Waals surface area (Å²) in [6, 6.07) is 1.41. The number of carbonyl (C=O) groups excluding carboxylic acids is 1. The number of primary sulfonamides is 1. The van der Waals surface area contributed by atoms with Crippen LogP contribution < -0.4 is 15.8 Å². The third kappa shape index (κ3) is 3.29. The molecule has 0 bridgehead atoms. The second-order valence-electron chi connectivity index (χ2n) is 4.22. The summed E-state index contributed by atoms with van der Waals surface area (Å²) in [6.07, 6.45) is 1.96. The van der Waals surface area contributed by atoms with Gasteiger partial charge in [0.1, 0.15) is 4.21 Å². The Kier molecular flexibility index (Phi) is 4.00. The van der Waals surface area contributed by atoms with Gasteiger partial charge in [0.15, 0.2) is 0 Å². The van der Waals surface area contributed by atoms with Crippen molar-refractivity contribution in [2.45, 2.75) is 23.1 Å². The van der Waals surface area contributed by atoms with E-state index in [-0.39, 0.29) is 16.2 Å². The Morgan fingerprint density at radius 2 is 2.33 bits per heavy atom. The third-order valence-corrected chi connectivity index (χ3v) is 5.14. The lowest BCUT2D eigenvalue weighted by atomic mass is 10.1. The predicted octanol–water partition coefficient (Wildman–Crippen LogP) is -0.123. The first kappa shape index (κ1) is 13.5. The number of carbonyl (C=O) groups is 1. The first-order valence-corrected chi connectivity index (χ1v) is 8.02. The molecule has 0 aromatic carbocycles. The molecule has 2 rings (SSSR count). The molecule has 1 fully saturated rings. The van der Waals surface area contributed by atoms with E-state index in [0.717, 1.165) is 37.3 Å². The van der Waals surface area contributed by atoms with Crippen molar-refractivity contribution in [1.29, 1.82) is 0 Å². The van der Waals surface area contributed by atoms with Gasteiger partial charge in [0.2, 0.25) is 10.0 Å². The summed E-state index contributed by atoms with van der Waals surface area (Å²) in [5.41, 5.74) is 0.342. The number of nitrogens with two attached hydrogens (primary N) is 1. The van der Waals surface area contributed by atoms with Crippen molar-refractivity contribution in [2.75, 3.05) is 13.1 Å². The van der Waals surface area contributed by atoms with E-state index in [0.29, 0.717) is 5.56 Å². The van der Waals surface area contributed by atoms with E-state index in [9.17, 15) is 13.2 Å². The standard InChI is InChI=1S/C10H15N3O3S2/c11-18(15,16)9-4-7(6-17-9)10(14)13-8-2-1-3-12-5-8/h4,6,8,12H,1-3,5H2,(H,13,14)(H2,11,15,16)/t8-/m0/s1. The molecule has 0 saturated carbocycles. The Bertz CT molecular complexity index is 532. The average molecular weight is 289 g/mol. The minimum absolute atomic E-state index is 0.00872. The lowest BCUT2D eigenvalue weighted by Crippen LogP contribution is -2.45. The second kappa shape index (κ2) is 5.35. The average Bonchev–Trinajstić information content (AvgIpc) is 2.79. The lowest BCUT2D eigenvalue weighted by molar-refractivity contribution is 0.0931. The first-order valence-electron chi connectivity index (χ1n) is 5.60. The van der Waals surface area contributed by atoms with Crippen molar-refractivity contribution in [3.05, 3.63) is 17.0 Å². The van der Waals surface area contributed by atoms with Gasteiger partial charge in [0, 0.05) is 18.0 Å². The van der Waals surface area contributed by atoms with Crippen LogP contribution in [0.25, 0.3) is 0 Å². The van der Waals surface area contributed by atoms with Gasteiger partial charge in [0.25, 0.3) is 5.91 Å². The number of amides is 1. The van der Waals surface area contributed by atoms with E-state index in [2.05, 4.69) is 10.6 Å². The molecule has 0 radical (unpaired) electrons. The van der Waals surface area contributed by atoms with E-state index in [1.165, 1.54) is 11.4 Å². The van der Waals surface area contributed by atoms with Crippen LogP contribution in [-0.4, -0.2) is 33.5 Å². The number of rotatable bonds is 3. The smallest absolute Gasteiger partial charge is 0.252 e. The summed E-state index contributed by atoms with van der Waals surface area (Å²) in [5, 5.41) is 12.6. The maximum Gasteiger partial charge on any atom is 0.252 e. The molecule has 8 heteroatoms. The number of nitrogens with one attached hydrogen (secondary N) is 2. The van der Waals surface area contributed by atoms with Gasteiger partial charge in [0.05, 0.1) is 5.56 Å². The number of hydrogen-bond acceptors (Lipinski definition) is 5. The van der Waals surface area contributed by atoms with Gasteiger partial charge >= 0.3 is 0 Å². The highest BCUT2D eigenvalue weighted by molar-refractivity contribution is 7.91. The van der Waals surface area contributed by atoms with Crippen molar-refractivity contribution in [3.63, 3.8) is 0 Å². The van der Waals surface area contributed by atoms with Gasteiger partial charge in [-0.3, -0.25) is 4.79 Å². The predicted molar refractivity (Wildman–Crippen MR) is 69.1 cm³/mol. The number of sulfonamides is 1. The van der Waals surface area contributed by atoms with Crippen molar-refractivity contribution in [3.8, 4) is 0 Å². The molecule has 0 unspecified atom stereocenters. The monoisotopic (exact) mass is 289 g/mol. The Hall–Kier alpha value is -0.960. The first-order chi connectivity index (χ1) is 8.47. The van der Waals surface area contributed by atoms with E-state index < -0.39 is 10.0 Å². The molecular weight excluding hydrogens is 274 g/mol. The van der Waals surface area contributed by atoms with Gasteiger partial charge in [-0.15, -0.1) is 11.3 Å². The molecule has 1 saturated heterocycles. The summed E-state index contributed by atoms with van der Waals surface area (Å²) in [7, 11) is -3.72. The normalized spacial score (nSPS) is 20.6. The number of piperidine rings is 1. The molecule has 1 aliphatic rings. The summed E-state index contributed by atoms with van der Waals surface area (Å²) in [6.45, 7) is 1.72. The van der Waals surface area contributed by atoms with E-state index in [4.69, 9.17) is 5.14 Å². The van der Waals surface area contributed by atoms with Crippen LogP contribution in [-0.2, 0) is 10.0 Å². The molecule has 1 amide bonds. The Morgan fingerprint density at radius 1 is 1.56 bits per heavy atom. The van der Waals surface area contributed by atoms with E-state index in [1.54, 1.807) is 0 Å². The van der Waals surface area contributed by atoms with Crippen LogP contribution in [0.5, 0.6) is 0 Å². The zero-order valence-electron chi connectivity index (χ0n) is 9.68. The van der Waals surface area contributed by atoms with Gasteiger partial charge in [-0.2, -0.15) is 0 Å². The van der Waals surface area contributed by atoms with E-state index >= 15 is 0 Å². The van der Waals surface area contributed by atoms with Crippen LogP contribution in [0.1, 0.15) is 23.2 Å². The molecule has 1 aromatic rings. The van der Waals surface area contributed by atoms with Crippen LogP contribution in [0.2, 0.25) is 0 Å². The SMILES string of the molecule is NS(=O)(=O)c1cc(C(=O)N[C@H]2CCCNC2)cs1. The molecule has 100 valence electrons. The van der Waals surface area contributed by atoms with Gasteiger partial charge in [-0.05, 0) is 25.5 Å². The Morgan fingerprint density at radius 3 is 2.89 bits per heavy atom. The molecule has 4 N–H and O–H groups in total. The molecule has 0 spiro atoms. The maximum absolute atomic E-state index is 11.9. The highest BCUT2D eigenvalue weighted by Gasteiger charge is 2.19. The lowest BCUT2D eigenvalue weighted by Gasteiger charge is -2.23. The summed E-state index contributed by atoms with van der Waals surface area (Å²) < 4.78 is 22.2. The summed E-state index contributed by atoms with van der Waals surface area (Å²) in [4.78, 5) is 11.9. The molecule has 1 aliphatic heterocycles. The highest BCUT2D eigenvalue weighted by atomic mass is 32.2. The quantitative estimate of drug-likeness (QED) is 0.722. The second-order valence-corrected chi connectivity index (χ2v) is 6.92. The molecule has 6 nitrogen and oxygen atoms in total. The van der Waals surface area contributed by atoms with Crippen molar-refractivity contribution >= 4 is 27.3 Å². The zero-order chi connectivity index (χ0) is 13.2. The maximum atomic E-state index is 11.9. The van der Waals surface area contributed by atoms with Crippen LogP contribution in [0.15, 0.2) is 15.7 Å². The van der Waals surface area contributed by atoms with Gasteiger partial charge in [-0.25, -0.2) is 13.6 Å². The largest absolute Gasteiger partial charge is 0.348 e. The summed E-state index contributed by atoms with van der Waals surface area (Å²) >= 11 is 0.957. The zero-order valence-corrected chi connectivity index (χ0v) is 11.3. The molecule has 0 aliphatic carbocycles. The fourth-order valence-electron chi connectivity index (χ4n) is 1.83. The Balaban J connectivity index is 2.02. The number of hydrogen-bond donors (Lipinski definition) is 3. The van der Waals surface area contributed by atoms with Crippen LogP contribution in [0.4, 0.5) is 0 Å². The van der Waals surface area contributed by atoms with Crippen LogP contribution in [0.3, 0.4) is 0 Å². The van der Waals surface area contributed by atoms with Crippen molar-refractivity contribution < 1.29 is 13.2 Å². The Labute approximate surface area is 110 Å². The summed E-state index contributed by atoms with van der Waals surface area (Å²) in [5.74, 6) is -0.255. The van der Waals surface area contributed by atoms with Crippen molar-refractivity contribution in [2.24, 2.45) is 5.14 Å². The van der Waals surface area contributed by atoms with Crippen LogP contribution in [0, 0.1) is 0 Å². The fraction of sp³-hybridized carbons (Fsp3) is 0.500. The van der Waals surface area contributed by atoms with Gasteiger partial charge in [-0.1, -0.05) is 0 Å².